The van der Waals surface area contributed by atoms with Gasteiger partial charge in [-0.3, -0.25) is 9.78 Å². The van der Waals surface area contributed by atoms with Gasteiger partial charge in [0.25, 0.3) is 0 Å². The third-order valence-corrected chi connectivity index (χ3v) is 4.70. The average Bonchev–Trinajstić information content (AvgIpc) is 3.28. The van der Waals surface area contributed by atoms with Crippen molar-refractivity contribution in [1.29, 1.82) is 0 Å². The largest absolute Gasteiger partial charge is 0.354 e. The molecule has 1 fully saturated rings. The van der Waals surface area contributed by atoms with Crippen molar-refractivity contribution < 1.29 is 4.79 Å². The van der Waals surface area contributed by atoms with E-state index < -0.39 is 0 Å². The van der Waals surface area contributed by atoms with Crippen molar-refractivity contribution in [2.45, 2.75) is 25.3 Å². The fraction of sp³-hybridized carbons (Fsp3) is 0.438. The van der Waals surface area contributed by atoms with E-state index in [1.54, 1.807) is 23.7 Å². The molecule has 0 radical (unpaired) electrons. The molecule has 2 aromatic rings. The maximum absolute atomic E-state index is 11.9. The van der Waals surface area contributed by atoms with Crippen molar-refractivity contribution in [2.24, 2.45) is 0 Å². The minimum atomic E-state index is 0.0345. The van der Waals surface area contributed by atoms with Crippen LogP contribution in [-0.4, -0.2) is 47.0 Å². The number of hydrogen-bond acceptors (Lipinski definition) is 5. The lowest BCUT2D eigenvalue weighted by Crippen LogP contribution is -2.34. The van der Waals surface area contributed by atoms with Gasteiger partial charge in [-0.1, -0.05) is 0 Å². The molecule has 0 bridgehead atoms. The second-order valence-corrected chi connectivity index (χ2v) is 6.48. The third kappa shape index (κ3) is 4.11. The van der Waals surface area contributed by atoms with Crippen LogP contribution in [0, 0.1) is 0 Å². The van der Waals surface area contributed by atoms with E-state index in [9.17, 15) is 4.79 Å². The van der Waals surface area contributed by atoms with Crippen LogP contribution in [-0.2, 0) is 11.2 Å². The molecule has 1 aliphatic carbocycles. The molecule has 0 spiro atoms. The van der Waals surface area contributed by atoms with E-state index in [1.807, 2.05) is 17.5 Å². The lowest BCUT2D eigenvalue weighted by molar-refractivity contribution is -0.120. The molecule has 2 heterocycles. The number of hydrogen-bond donors (Lipinski definition) is 1. The molecule has 2 aromatic heterocycles. The van der Waals surface area contributed by atoms with E-state index in [0.29, 0.717) is 13.0 Å². The van der Waals surface area contributed by atoms with Gasteiger partial charge in [-0.25, -0.2) is 4.98 Å². The molecular formula is C16H20N4OS. The molecule has 1 amide bonds. The molecule has 0 atom stereocenters. The number of aromatic nitrogens is 2. The van der Waals surface area contributed by atoms with E-state index in [2.05, 4.69) is 27.2 Å². The summed E-state index contributed by atoms with van der Waals surface area (Å²) < 4.78 is 0. The molecule has 22 heavy (non-hydrogen) atoms. The minimum Gasteiger partial charge on any atom is -0.354 e. The molecule has 0 aromatic carbocycles. The minimum absolute atomic E-state index is 0.0345. The Balaban J connectivity index is 1.46. The highest BCUT2D eigenvalue weighted by molar-refractivity contribution is 7.13. The quantitative estimate of drug-likeness (QED) is 0.848. The van der Waals surface area contributed by atoms with Crippen molar-refractivity contribution >= 4 is 17.2 Å². The van der Waals surface area contributed by atoms with Gasteiger partial charge in [-0.2, -0.15) is 0 Å². The maximum Gasteiger partial charge on any atom is 0.226 e. The molecule has 5 nitrogen and oxygen atoms in total. The van der Waals surface area contributed by atoms with Gasteiger partial charge in [0.15, 0.2) is 0 Å². The summed E-state index contributed by atoms with van der Waals surface area (Å²) in [6.45, 7) is 1.61. The summed E-state index contributed by atoms with van der Waals surface area (Å²) in [6, 6.07) is 4.60. The number of nitrogens with zero attached hydrogens (tertiary/aromatic N) is 3. The van der Waals surface area contributed by atoms with Crippen LogP contribution < -0.4 is 5.32 Å². The maximum atomic E-state index is 11.9. The van der Waals surface area contributed by atoms with E-state index >= 15 is 0 Å². The standard InChI is InChI=1S/C16H20N4OS/c1-20(14-4-5-14)8-7-18-15(21)9-13-11-22-16(19-13)12-3-2-6-17-10-12/h2-3,6,10-11,14H,4-5,7-9H2,1H3,(H,18,21). The SMILES string of the molecule is CN(CCNC(=O)Cc1csc(-c2cccnc2)n1)C1CC1. The summed E-state index contributed by atoms with van der Waals surface area (Å²) in [5.41, 5.74) is 1.81. The Labute approximate surface area is 134 Å². The predicted octanol–water partition coefficient (Wildman–Crippen LogP) is 1.96. The lowest BCUT2D eigenvalue weighted by atomic mass is 10.3. The van der Waals surface area contributed by atoms with Crippen LogP contribution in [0.15, 0.2) is 29.9 Å². The first kappa shape index (κ1) is 15.1. The monoisotopic (exact) mass is 316 g/mol. The molecule has 0 aliphatic heterocycles. The van der Waals surface area contributed by atoms with E-state index in [0.717, 1.165) is 28.9 Å². The second-order valence-electron chi connectivity index (χ2n) is 5.62. The van der Waals surface area contributed by atoms with Crippen LogP contribution in [0.3, 0.4) is 0 Å². The molecule has 1 N–H and O–H groups in total. The number of thiazole rings is 1. The highest BCUT2D eigenvalue weighted by Gasteiger charge is 2.25. The summed E-state index contributed by atoms with van der Waals surface area (Å²) in [5.74, 6) is 0.0345. The first-order valence-electron chi connectivity index (χ1n) is 7.54. The van der Waals surface area contributed by atoms with E-state index in [4.69, 9.17) is 0 Å². The van der Waals surface area contributed by atoms with Crippen molar-refractivity contribution in [3.8, 4) is 10.6 Å². The molecule has 6 heteroatoms. The zero-order valence-corrected chi connectivity index (χ0v) is 13.5. The zero-order chi connectivity index (χ0) is 15.4. The van der Waals surface area contributed by atoms with Crippen molar-refractivity contribution in [1.82, 2.24) is 20.2 Å². The highest BCUT2D eigenvalue weighted by Crippen LogP contribution is 2.24. The van der Waals surface area contributed by atoms with Crippen LogP contribution in [0.25, 0.3) is 10.6 Å². The Morgan fingerprint density at radius 1 is 1.50 bits per heavy atom. The van der Waals surface area contributed by atoms with Gasteiger partial charge < -0.3 is 10.2 Å². The number of rotatable bonds is 7. The van der Waals surface area contributed by atoms with Gasteiger partial charge in [-0.15, -0.1) is 11.3 Å². The molecule has 1 aliphatic rings. The van der Waals surface area contributed by atoms with Gasteiger partial charge >= 0.3 is 0 Å². The number of nitrogens with one attached hydrogen (secondary N) is 1. The molecule has 3 rings (SSSR count). The predicted molar refractivity (Wildman–Crippen MR) is 87.7 cm³/mol. The summed E-state index contributed by atoms with van der Waals surface area (Å²) in [7, 11) is 2.12. The molecule has 116 valence electrons. The first-order valence-corrected chi connectivity index (χ1v) is 8.42. The lowest BCUT2D eigenvalue weighted by Gasteiger charge is -2.15. The summed E-state index contributed by atoms with van der Waals surface area (Å²) in [6.07, 6.45) is 6.45. The first-order chi connectivity index (χ1) is 10.7. The fourth-order valence-electron chi connectivity index (χ4n) is 2.31. The van der Waals surface area contributed by atoms with Crippen molar-refractivity contribution in [3.63, 3.8) is 0 Å². The number of pyridine rings is 1. The molecule has 0 saturated heterocycles. The van der Waals surface area contributed by atoms with Crippen LogP contribution >= 0.6 is 11.3 Å². The fourth-order valence-corrected chi connectivity index (χ4v) is 3.12. The molecule has 0 unspecified atom stereocenters. The van der Waals surface area contributed by atoms with Crippen LogP contribution in [0.5, 0.6) is 0 Å². The van der Waals surface area contributed by atoms with Gasteiger partial charge in [0.05, 0.1) is 12.1 Å². The summed E-state index contributed by atoms with van der Waals surface area (Å²) in [5, 5.41) is 5.81. The molecule has 1 saturated carbocycles. The number of carbonyl (C=O) groups is 1. The van der Waals surface area contributed by atoms with Crippen molar-refractivity contribution in [3.05, 3.63) is 35.6 Å². The van der Waals surface area contributed by atoms with E-state index in [1.165, 1.54) is 12.8 Å². The van der Waals surface area contributed by atoms with Gasteiger partial charge in [0, 0.05) is 42.5 Å². The highest BCUT2D eigenvalue weighted by atomic mass is 32.1. The van der Waals surface area contributed by atoms with Crippen molar-refractivity contribution in [2.75, 3.05) is 20.1 Å². The van der Waals surface area contributed by atoms with E-state index in [-0.39, 0.29) is 5.91 Å². The Morgan fingerprint density at radius 2 is 2.36 bits per heavy atom. The van der Waals surface area contributed by atoms with Crippen LogP contribution in [0.2, 0.25) is 0 Å². The summed E-state index contributed by atoms with van der Waals surface area (Å²) >= 11 is 1.55. The third-order valence-electron chi connectivity index (χ3n) is 3.76. The number of carbonyl (C=O) groups excluding carboxylic acids is 1. The second kappa shape index (κ2) is 6.98. The Kier molecular flexibility index (Phi) is 4.80. The van der Waals surface area contributed by atoms with Gasteiger partial charge in [-0.05, 0) is 32.0 Å². The van der Waals surface area contributed by atoms with Crippen LogP contribution in [0.1, 0.15) is 18.5 Å². The Morgan fingerprint density at radius 3 is 3.09 bits per heavy atom. The molecular weight excluding hydrogens is 296 g/mol. The number of amides is 1. The summed E-state index contributed by atoms with van der Waals surface area (Å²) in [4.78, 5) is 22.9. The smallest absolute Gasteiger partial charge is 0.226 e. The topological polar surface area (TPSA) is 58.1 Å². The number of likely N-dealkylation sites (N-methyl/N-ethyl adjacent to an activating group) is 1. The Bertz CT molecular complexity index is 624. The van der Waals surface area contributed by atoms with Gasteiger partial charge in [0.2, 0.25) is 5.91 Å². The Hall–Kier alpha value is -1.79. The van der Waals surface area contributed by atoms with Gasteiger partial charge in [0.1, 0.15) is 5.01 Å². The van der Waals surface area contributed by atoms with Crippen LogP contribution in [0.4, 0.5) is 0 Å². The average molecular weight is 316 g/mol. The normalized spacial score (nSPS) is 14.3. The zero-order valence-electron chi connectivity index (χ0n) is 12.7.